The summed E-state index contributed by atoms with van der Waals surface area (Å²) >= 11 is 0. The van der Waals surface area contributed by atoms with E-state index in [4.69, 9.17) is 4.74 Å². The van der Waals surface area contributed by atoms with Crippen molar-refractivity contribution in [1.82, 2.24) is 10.6 Å². The van der Waals surface area contributed by atoms with Crippen molar-refractivity contribution in [1.29, 1.82) is 0 Å². The van der Waals surface area contributed by atoms with Gasteiger partial charge in [-0.15, -0.1) is 0 Å². The maximum absolute atomic E-state index is 11.4. The Morgan fingerprint density at radius 3 is 2.67 bits per heavy atom. The molecular formula is C11H22N2O2. The molecule has 2 N–H and O–H groups in total. The van der Waals surface area contributed by atoms with Crippen molar-refractivity contribution in [2.75, 3.05) is 19.8 Å². The van der Waals surface area contributed by atoms with E-state index in [-0.39, 0.29) is 12.1 Å². The lowest BCUT2D eigenvalue weighted by Crippen LogP contribution is -2.44. The zero-order valence-corrected chi connectivity index (χ0v) is 9.71. The molecule has 1 fully saturated rings. The van der Waals surface area contributed by atoms with E-state index in [1.807, 2.05) is 0 Å². The van der Waals surface area contributed by atoms with Crippen LogP contribution in [0.25, 0.3) is 0 Å². The SMILES string of the molecule is CC(C)CCNC(=O)NC1CCOCC1. The normalized spacial score (nSPS) is 17.8. The second kappa shape index (κ2) is 6.67. The van der Waals surface area contributed by atoms with Crippen molar-refractivity contribution >= 4 is 6.03 Å². The van der Waals surface area contributed by atoms with E-state index in [0.717, 1.165) is 39.0 Å². The maximum Gasteiger partial charge on any atom is 0.315 e. The van der Waals surface area contributed by atoms with Crippen molar-refractivity contribution < 1.29 is 9.53 Å². The molecule has 0 unspecified atom stereocenters. The predicted molar refractivity (Wildman–Crippen MR) is 59.8 cm³/mol. The van der Waals surface area contributed by atoms with Gasteiger partial charge in [0.05, 0.1) is 0 Å². The van der Waals surface area contributed by atoms with E-state index in [1.54, 1.807) is 0 Å². The van der Waals surface area contributed by atoms with Crippen LogP contribution in [0.2, 0.25) is 0 Å². The van der Waals surface area contributed by atoms with Crippen molar-refractivity contribution in [3.63, 3.8) is 0 Å². The van der Waals surface area contributed by atoms with Crippen LogP contribution in [0.4, 0.5) is 4.79 Å². The molecule has 0 aromatic carbocycles. The first-order valence-electron chi connectivity index (χ1n) is 5.80. The molecule has 0 aliphatic carbocycles. The van der Waals surface area contributed by atoms with Crippen LogP contribution in [-0.4, -0.2) is 31.8 Å². The quantitative estimate of drug-likeness (QED) is 0.745. The van der Waals surface area contributed by atoms with Crippen LogP contribution in [0.1, 0.15) is 33.1 Å². The van der Waals surface area contributed by atoms with E-state index in [9.17, 15) is 4.79 Å². The molecule has 0 radical (unpaired) electrons. The molecule has 4 nitrogen and oxygen atoms in total. The summed E-state index contributed by atoms with van der Waals surface area (Å²) in [4.78, 5) is 11.4. The number of hydrogen-bond acceptors (Lipinski definition) is 2. The van der Waals surface area contributed by atoms with E-state index in [0.29, 0.717) is 5.92 Å². The highest BCUT2D eigenvalue weighted by atomic mass is 16.5. The van der Waals surface area contributed by atoms with Gasteiger partial charge in [0.15, 0.2) is 0 Å². The molecule has 0 atom stereocenters. The molecule has 4 heteroatoms. The number of carbonyl (C=O) groups is 1. The highest BCUT2D eigenvalue weighted by Crippen LogP contribution is 2.05. The minimum absolute atomic E-state index is 0.0393. The Labute approximate surface area is 91.8 Å². The van der Waals surface area contributed by atoms with Crippen LogP contribution in [0.3, 0.4) is 0 Å². The second-order valence-corrected chi connectivity index (χ2v) is 4.47. The fourth-order valence-electron chi connectivity index (χ4n) is 1.55. The lowest BCUT2D eigenvalue weighted by Gasteiger charge is -2.23. The van der Waals surface area contributed by atoms with Gasteiger partial charge < -0.3 is 15.4 Å². The number of rotatable bonds is 4. The molecule has 0 bridgehead atoms. The Kier molecular flexibility index (Phi) is 5.47. The van der Waals surface area contributed by atoms with E-state index in [2.05, 4.69) is 24.5 Å². The van der Waals surface area contributed by atoms with Crippen LogP contribution >= 0.6 is 0 Å². The molecule has 0 aromatic rings. The molecule has 0 spiro atoms. The molecule has 15 heavy (non-hydrogen) atoms. The summed E-state index contributed by atoms with van der Waals surface area (Å²) < 4.78 is 5.22. The molecule has 0 aromatic heterocycles. The number of carbonyl (C=O) groups excluding carboxylic acids is 1. The van der Waals surface area contributed by atoms with Gasteiger partial charge in [-0.1, -0.05) is 13.8 Å². The number of hydrogen-bond donors (Lipinski definition) is 2. The zero-order chi connectivity index (χ0) is 11.1. The van der Waals surface area contributed by atoms with Gasteiger partial charge in [0.25, 0.3) is 0 Å². The number of amides is 2. The van der Waals surface area contributed by atoms with Gasteiger partial charge in [0.2, 0.25) is 0 Å². The Morgan fingerprint density at radius 2 is 2.07 bits per heavy atom. The highest BCUT2D eigenvalue weighted by molar-refractivity contribution is 5.74. The summed E-state index contributed by atoms with van der Waals surface area (Å²) in [5, 5.41) is 5.83. The smallest absolute Gasteiger partial charge is 0.315 e. The topological polar surface area (TPSA) is 50.4 Å². The monoisotopic (exact) mass is 214 g/mol. The molecular weight excluding hydrogens is 192 g/mol. The number of urea groups is 1. The lowest BCUT2D eigenvalue weighted by atomic mass is 10.1. The molecule has 2 amide bonds. The van der Waals surface area contributed by atoms with Gasteiger partial charge in [-0.05, 0) is 25.2 Å². The second-order valence-electron chi connectivity index (χ2n) is 4.47. The van der Waals surface area contributed by atoms with Crippen LogP contribution in [0.5, 0.6) is 0 Å². The summed E-state index contributed by atoms with van der Waals surface area (Å²) in [5.74, 6) is 0.633. The molecule has 1 aliphatic heterocycles. The Morgan fingerprint density at radius 1 is 1.40 bits per heavy atom. The summed E-state index contributed by atoms with van der Waals surface area (Å²) in [6, 6.07) is 0.250. The third-order valence-corrected chi connectivity index (χ3v) is 2.56. The fourth-order valence-corrected chi connectivity index (χ4v) is 1.55. The average molecular weight is 214 g/mol. The van der Waals surface area contributed by atoms with Crippen molar-refractivity contribution in [3.05, 3.63) is 0 Å². The maximum atomic E-state index is 11.4. The van der Waals surface area contributed by atoms with Crippen molar-refractivity contribution in [2.24, 2.45) is 5.92 Å². The van der Waals surface area contributed by atoms with Crippen LogP contribution in [0.15, 0.2) is 0 Å². The van der Waals surface area contributed by atoms with Gasteiger partial charge in [-0.25, -0.2) is 4.79 Å². The molecule has 1 rings (SSSR count). The molecule has 1 heterocycles. The minimum Gasteiger partial charge on any atom is -0.381 e. The summed E-state index contributed by atoms with van der Waals surface area (Å²) in [6.45, 7) is 6.58. The summed E-state index contributed by atoms with van der Waals surface area (Å²) in [7, 11) is 0. The first kappa shape index (κ1) is 12.3. The Balaban J connectivity index is 2.06. The molecule has 0 saturated carbocycles. The summed E-state index contributed by atoms with van der Waals surface area (Å²) in [5.41, 5.74) is 0. The van der Waals surface area contributed by atoms with Crippen LogP contribution < -0.4 is 10.6 Å². The number of nitrogens with one attached hydrogen (secondary N) is 2. The first-order chi connectivity index (χ1) is 7.18. The van der Waals surface area contributed by atoms with Crippen molar-refractivity contribution in [2.45, 2.75) is 39.2 Å². The van der Waals surface area contributed by atoms with Crippen LogP contribution in [-0.2, 0) is 4.74 Å². The standard InChI is InChI=1S/C11H22N2O2/c1-9(2)3-6-12-11(14)13-10-4-7-15-8-5-10/h9-10H,3-8H2,1-2H3,(H2,12,13,14). The van der Waals surface area contributed by atoms with E-state index < -0.39 is 0 Å². The fraction of sp³-hybridized carbons (Fsp3) is 0.909. The van der Waals surface area contributed by atoms with Crippen molar-refractivity contribution in [3.8, 4) is 0 Å². The average Bonchev–Trinajstić information content (AvgIpc) is 2.18. The Bertz CT molecular complexity index is 189. The van der Waals surface area contributed by atoms with Gasteiger partial charge in [0.1, 0.15) is 0 Å². The largest absolute Gasteiger partial charge is 0.381 e. The third kappa shape index (κ3) is 5.62. The summed E-state index contributed by atoms with van der Waals surface area (Å²) in [6.07, 6.45) is 2.89. The number of ether oxygens (including phenoxy) is 1. The highest BCUT2D eigenvalue weighted by Gasteiger charge is 2.15. The molecule has 1 saturated heterocycles. The van der Waals surface area contributed by atoms with Gasteiger partial charge >= 0.3 is 6.03 Å². The van der Waals surface area contributed by atoms with Gasteiger partial charge in [0, 0.05) is 25.8 Å². The van der Waals surface area contributed by atoms with E-state index >= 15 is 0 Å². The van der Waals surface area contributed by atoms with E-state index in [1.165, 1.54) is 0 Å². The molecule has 88 valence electrons. The third-order valence-electron chi connectivity index (χ3n) is 2.56. The van der Waals surface area contributed by atoms with Crippen LogP contribution in [0, 0.1) is 5.92 Å². The Hall–Kier alpha value is -0.770. The predicted octanol–water partition coefficient (Wildman–Crippen LogP) is 1.51. The minimum atomic E-state index is -0.0393. The lowest BCUT2D eigenvalue weighted by molar-refractivity contribution is 0.0801. The van der Waals surface area contributed by atoms with Gasteiger partial charge in [-0.3, -0.25) is 0 Å². The van der Waals surface area contributed by atoms with Gasteiger partial charge in [-0.2, -0.15) is 0 Å². The molecule has 1 aliphatic rings. The zero-order valence-electron chi connectivity index (χ0n) is 9.71. The first-order valence-corrected chi connectivity index (χ1v) is 5.80.